The maximum absolute atomic E-state index is 15.3. The van der Waals surface area contributed by atoms with Gasteiger partial charge in [-0.1, -0.05) is 0 Å². The summed E-state index contributed by atoms with van der Waals surface area (Å²) >= 11 is 0. The highest BCUT2D eigenvalue weighted by molar-refractivity contribution is 6.07. The number of anilines is 1. The summed E-state index contributed by atoms with van der Waals surface area (Å²) in [6, 6.07) is 9.30. The predicted octanol–water partition coefficient (Wildman–Crippen LogP) is 3.79. The number of fused-ring (bicyclic) bond motifs is 4. The maximum atomic E-state index is 15.3. The molecule has 1 saturated carbocycles. The molecule has 2 aliphatic carbocycles. The molecule has 1 fully saturated rings. The van der Waals surface area contributed by atoms with Crippen molar-refractivity contribution in [3.8, 4) is 11.1 Å². The Labute approximate surface area is 255 Å². The van der Waals surface area contributed by atoms with Crippen molar-refractivity contribution in [2.75, 3.05) is 18.0 Å². The van der Waals surface area contributed by atoms with Crippen molar-refractivity contribution < 1.29 is 14.3 Å². The highest BCUT2D eigenvalue weighted by Crippen LogP contribution is 2.37. The number of nitrogens with zero attached hydrogens (tertiary/aromatic N) is 6. The number of aromatic nitrogens is 4. The average molecular weight is 597 g/mol. The van der Waals surface area contributed by atoms with Crippen molar-refractivity contribution in [3.05, 3.63) is 92.2 Å². The van der Waals surface area contributed by atoms with Crippen molar-refractivity contribution in [1.29, 1.82) is 0 Å². The third-order valence-electron chi connectivity index (χ3n) is 9.94. The summed E-state index contributed by atoms with van der Waals surface area (Å²) in [4.78, 5) is 31.2. The highest BCUT2D eigenvalue weighted by Gasteiger charge is 2.33. The Morgan fingerprint density at radius 3 is 2.66 bits per heavy atom. The zero-order chi connectivity index (χ0) is 30.1. The molecule has 1 N–H and O–H groups in total. The zero-order valence-electron chi connectivity index (χ0n) is 25.1. The van der Waals surface area contributed by atoms with Crippen LogP contribution >= 0.6 is 0 Å². The van der Waals surface area contributed by atoms with Gasteiger partial charge in [0.15, 0.2) is 0 Å². The molecule has 4 aromatic rings. The van der Waals surface area contributed by atoms with Crippen LogP contribution in [0.4, 0.5) is 10.1 Å². The van der Waals surface area contributed by atoms with Crippen molar-refractivity contribution in [2.45, 2.75) is 77.2 Å². The normalized spacial score (nSPS) is 18.3. The van der Waals surface area contributed by atoms with Crippen LogP contribution in [0.15, 0.2) is 41.3 Å². The molecule has 0 bridgehead atoms. The lowest BCUT2D eigenvalue weighted by molar-refractivity contribution is 0.0964. The molecule has 0 unspecified atom stereocenters. The van der Waals surface area contributed by atoms with Crippen LogP contribution in [0, 0.1) is 5.82 Å². The van der Waals surface area contributed by atoms with E-state index in [1.165, 1.54) is 46.5 Å². The number of carbonyl (C=O) groups excluding carboxylic acids is 1. The van der Waals surface area contributed by atoms with Crippen LogP contribution in [-0.4, -0.2) is 54.0 Å². The monoisotopic (exact) mass is 596 g/mol. The van der Waals surface area contributed by atoms with Gasteiger partial charge in [0.25, 0.3) is 11.5 Å². The number of benzene rings is 1. The maximum Gasteiger partial charge on any atom is 0.274 e. The standard InChI is InChI=1S/C34H37FN6O3/c1-37-18-23(12-22(33(37)43)13-25-17-27-19-38(26-6-7-26)8-11-41(27)36-25)28-15-24(35)16-31(29(28)20-42)40-10-9-39-30-5-3-2-4-21(30)14-32(39)34(40)44/h12,14-18,26,42H,2-11,13,19-20H2,1H3. The van der Waals surface area contributed by atoms with Gasteiger partial charge in [0.05, 0.1) is 30.2 Å². The van der Waals surface area contributed by atoms with E-state index >= 15 is 4.39 Å². The van der Waals surface area contributed by atoms with Gasteiger partial charge in [0, 0.05) is 68.7 Å². The molecule has 0 atom stereocenters. The average Bonchev–Trinajstić information content (AvgIpc) is 3.69. The summed E-state index contributed by atoms with van der Waals surface area (Å²) < 4.78 is 21.0. The van der Waals surface area contributed by atoms with Crippen LogP contribution in [0.3, 0.4) is 0 Å². The van der Waals surface area contributed by atoms with Gasteiger partial charge in [-0.2, -0.15) is 5.10 Å². The smallest absolute Gasteiger partial charge is 0.274 e. The first-order chi connectivity index (χ1) is 21.4. The predicted molar refractivity (Wildman–Crippen MR) is 164 cm³/mol. The fourth-order valence-electron chi connectivity index (χ4n) is 7.59. The number of pyridine rings is 1. The molecule has 0 radical (unpaired) electrons. The van der Waals surface area contributed by atoms with Crippen LogP contribution < -0.4 is 10.5 Å². The molecule has 0 spiro atoms. The lowest BCUT2D eigenvalue weighted by Gasteiger charge is -2.31. The van der Waals surface area contributed by atoms with Gasteiger partial charge in [0.1, 0.15) is 11.5 Å². The second kappa shape index (κ2) is 10.6. The van der Waals surface area contributed by atoms with E-state index in [1.54, 1.807) is 24.2 Å². The SMILES string of the molecule is Cn1cc(-c2cc(F)cc(N3CCn4c(cc5c4CCCC5)C3=O)c2CO)cc(Cc2cc3n(n2)CCN(C2CC2)C3)c1=O. The Morgan fingerprint density at radius 1 is 1.00 bits per heavy atom. The topological polar surface area (TPSA) is 88.5 Å². The Kier molecular flexibility index (Phi) is 6.60. The van der Waals surface area contributed by atoms with Gasteiger partial charge >= 0.3 is 0 Å². The van der Waals surface area contributed by atoms with Gasteiger partial charge in [-0.05, 0) is 85.5 Å². The number of aryl methyl sites for hydroxylation is 2. The summed E-state index contributed by atoms with van der Waals surface area (Å²) in [7, 11) is 1.68. The summed E-state index contributed by atoms with van der Waals surface area (Å²) in [6.45, 7) is 3.36. The molecule has 44 heavy (non-hydrogen) atoms. The van der Waals surface area contributed by atoms with Crippen LogP contribution in [0.25, 0.3) is 11.1 Å². The van der Waals surface area contributed by atoms with Gasteiger partial charge in [-0.15, -0.1) is 0 Å². The quantitative estimate of drug-likeness (QED) is 0.366. The van der Waals surface area contributed by atoms with Crippen LogP contribution in [-0.2, 0) is 52.6 Å². The summed E-state index contributed by atoms with van der Waals surface area (Å²) in [5, 5.41) is 15.4. The Balaban J connectivity index is 1.14. The zero-order valence-corrected chi connectivity index (χ0v) is 25.1. The van der Waals surface area contributed by atoms with Gasteiger partial charge in [0.2, 0.25) is 0 Å². The van der Waals surface area contributed by atoms with Crippen LogP contribution in [0.5, 0.6) is 0 Å². The molecule has 0 saturated heterocycles. The first-order valence-electron chi connectivity index (χ1n) is 15.8. The molecule has 1 amide bonds. The third kappa shape index (κ3) is 4.62. The summed E-state index contributed by atoms with van der Waals surface area (Å²) in [5.74, 6) is -0.681. The highest BCUT2D eigenvalue weighted by atomic mass is 19.1. The first-order valence-corrected chi connectivity index (χ1v) is 15.8. The number of carbonyl (C=O) groups is 1. The second-order valence-electron chi connectivity index (χ2n) is 12.8. The molecule has 10 heteroatoms. The van der Waals surface area contributed by atoms with Gasteiger partial charge in [-0.3, -0.25) is 19.2 Å². The Morgan fingerprint density at radius 2 is 1.84 bits per heavy atom. The molecule has 3 aromatic heterocycles. The van der Waals surface area contributed by atoms with E-state index in [0.29, 0.717) is 59.2 Å². The number of halogens is 1. The Bertz CT molecular complexity index is 1870. The number of rotatable bonds is 6. The van der Waals surface area contributed by atoms with Crippen molar-refractivity contribution in [1.82, 2.24) is 23.8 Å². The van der Waals surface area contributed by atoms with E-state index in [2.05, 4.69) is 15.5 Å². The fraction of sp³-hybridized carbons (Fsp3) is 0.441. The van der Waals surface area contributed by atoms with Crippen LogP contribution in [0.2, 0.25) is 0 Å². The molecule has 5 heterocycles. The lowest BCUT2D eigenvalue weighted by atomic mass is 9.96. The van der Waals surface area contributed by atoms with Gasteiger partial charge in [-0.25, -0.2) is 4.39 Å². The number of hydrogen-bond acceptors (Lipinski definition) is 5. The minimum absolute atomic E-state index is 0.141. The first kappa shape index (κ1) is 27.5. The van der Waals surface area contributed by atoms with Crippen molar-refractivity contribution >= 4 is 11.6 Å². The molecule has 1 aromatic carbocycles. The van der Waals surface area contributed by atoms with Crippen molar-refractivity contribution in [3.63, 3.8) is 0 Å². The third-order valence-corrected chi connectivity index (χ3v) is 9.94. The van der Waals surface area contributed by atoms with E-state index < -0.39 is 5.82 Å². The molecule has 8 rings (SSSR count). The molecular weight excluding hydrogens is 559 g/mol. The summed E-state index contributed by atoms with van der Waals surface area (Å²) in [6.07, 6.45) is 8.76. The number of amides is 1. The van der Waals surface area contributed by atoms with E-state index in [9.17, 15) is 14.7 Å². The molecule has 228 valence electrons. The lowest BCUT2D eigenvalue weighted by Crippen LogP contribution is -2.41. The summed E-state index contributed by atoms with van der Waals surface area (Å²) in [5.41, 5.74) is 7.44. The van der Waals surface area contributed by atoms with Crippen LogP contribution in [0.1, 0.15) is 69.9 Å². The van der Waals surface area contributed by atoms with E-state index in [0.717, 1.165) is 51.0 Å². The van der Waals surface area contributed by atoms with E-state index in [1.807, 2.05) is 10.7 Å². The van der Waals surface area contributed by atoms with Crippen molar-refractivity contribution in [2.24, 2.45) is 7.05 Å². The fourth-order valence-corrected chi connectivity index (χ4v) is 7.59. The molecule has 9 nitrogen and oxygen atoms in total. The second-order valence-corrected chi connectivity index (χ2v) is 12.8. The minimum atomic E-state index is -0.502. The van der Waals surface area contributed by atoms with E-state index in [-0.39, 0.29) is 18.1 Å². The van der Waals surface area contributed by atoms with E-state index in [4.69, 9.17) is 5.10 Å². The number of aliphatic hydroxyl groups is 1. The molecular formula is C34H37FN6O3. The number of hydrogen-bond donors (Lipinski definition) is 1. The molecule has 4 aliphatic rings. The Hall–Kier alpha value is -4.02. The molecule has 2 aliphatic heterocycles. The minimum Gasteiger partial charge on any atom is -0.392 e. The number of aliphatic hydroxyl groups excluding tert-OH is 1. The largest absolute Gasteiger partial charge is 0.392 e. The van der Waals surface area contributed by atoms with Gasteiger partial charge < -0.3 is 19.1 Å².